The van der Waals surface area contributed by atoms with Gasteiger partial charge < -0.3 is 14.6 Å². The molecule has 0 amide bonds. The van der Waals surface area contributed by atoms with Crippen LogP contribution in [0.3, 0.4) is 0 Å². The van der Waals surface area contributed by atoms with E-state index in [0.717, 1.165) is 43.3 Å². The van der Waals surface area contributed by atoms with Crippen LogP contribution in [0.15, 0.2) is 28.8 Å². The van der Waals surface area contributed by atoms with Gasteiger partial charge in [-0.3, -0.25) is 0 Å². The van der Waals surface area contributed by atoms with E-state index < -0.39 is 0 Å². The molecule has 2 aromatic rings. The third-order valence-corrected chi connectivity index (χ3v) is 3.07. The molecule has 4 heteroatoms. The Morgan fingerprint density at radius 2 is 2.22 bits per heavy atom. The van der Waals surface area contributed by atoms with E-state index >= 15 is 0 Å². The number of benzene rings is 1. The molecule has 0 saturated carbocycles. The average Bonchev–Trinajstić information content (AvgIpc) is 2.97. The van der Waals surface area contributed by atoms with E-state index in [1.807, 2.05) is 13.0 Å². The number of hydrogen-bond acceptors (Lipinski definition) is 4. The fourth-order valence-corrected chi connectivity index (χ4v) is 2.19. The Bertz CT molecular complexity index is 548. The zero-order chi connectivity index (χ0) is 12.4. The molecule has 4 nitrogen and oxygen atoms in total. The predicted octanol–water partition coefficient (Wildman–Crippen LogP) is 2.21. The standard InChI is InChI=1S/C14H16N2O2/c1-10-6-13(16-18-10)9-15-8-11-2-3-14-12(7-11)4-5-17-14/h2-3,6-7,15H,4-5,8-9H2,1H3. The highest BCUT2D eigenvalue weighted by Crippen LogP contribution is 2.25. The van der Waals surface area contributed by atoms with Crippen LogP contribution in [0.1, 0.15) is 22.6 Å². The lowest BCUT2D eigenvalue weighted by Crippen LogP contribution is -2.12. The Kier molecular flexibility index (Phi) is 3.02. The lowest BCUT2D eigenvalue weighted by Gasteiger charge is -2.05. The molecule has 0 fully saturated rings. The van der Waals surface area contributed by atoms with Gasteiger partial charge in [0.1, 0.15) is 11.5 Å². The second kappa shape index (κ2) is 4.82. The summed E-state index contributed by atoms with van der Waals surface area (Å²) in [6.07, 6.45) is 1.02. The van der Waals surface area contributed by atoms with Gasteiger partial charge in [0, 0.05) is 25.6 Å². The molecule has 1 aliphatic rings. The molecule has 18 heavy (non-hydrogen) atoms. The number of nitrogens with zero attached hydrogens (tertiary/aromatic N) is 1. The molecule has 1 N–H and O–H groups in total. The molecule has 0 bridgehead atoms. The Balaban J connectivity index is 1.57. The summed E-state index contributed by atoms with van der Waals surface area (Å²) in [5, 5.41) is 7.31. The predicted molar refractivity (Wildman–Crippen MR) is 67.4 cm³/mol. The van der Waals surface area contributed by atoms with E-state index in [1.165, 1.54) is 11.1 Å². The monoisotopic (exact) mass is 244 g/mol. The second-order valence-corrected chi connectivity index (χ2v) is 4.57. The summed E-state index contributed by atoms with van der Waals surface area (Å²) in [6, 6.07) is 8.32. The van der Waals surface area contributed by atoms with Gasteiger partial charge in [-0.05, 0) is 24.1 Å². The summed E-state index contributed by atoms with van der Waals surface area (Å²) in [4.78, 5) is 0. The maximum atomic E-state index is 5.49. The number of aromatic nitrogens is 1. The van der Waals surface area contributed by atoms with Crippen LogP contribution in [0.4, 0.5) is 0 Å². The minimum atomic E-state index is 0.727. The normalized spacial score (nSPS) is 13.4. The van der Waals surface area contributed by atoms with Crippen LogP contribution < -0.4 is 10.1 Å². The minimum Gasteiger partial charge on any atom is -0.493 e. The highest BCUT2D eigenvalue weighted by Gasteiger charge is 2.11. The van der Waals surface area contributed by atoms with Crippen LogP contribution in [-0.2, 0) is 19.5 Å². The van der Waals surface area contributed by atoms with Crippen LogP contribution in [0.5, 0.6) is 5.75 Å². The Morgan fingerprint density at radius 1 is 1.28 bits per heavy atom. The summed E-state index contributed by atoms with van der Waals surface area (Å²) in [5.41, 5.74) is 3.53. The Morgan fingerprint density at radius 3 is 3.06 bits per heavy atom. The highest BCUT2D eigenvalue weighted by atomic mass is 16.5. The van der Waals surface area contributed by atoms with Gasteiger partial charge in [0.25, 0.3) is 0 Å². The molecular weight excluding hydrogens is 228 g/mol. The van der Waals surface area contributed by atoms with Crippen molar-refractivity contribution < 1.29 is 9.26 Å². The maximum absolute atomic E-state index is 5.49. The smallest absolute Gasteiger partial charge is 0.133 e. The molecule has 0 unspecified atom stereocenters. The van der Waals surface area contributed by atoms with E-state index in [2.05, 4.69) is 28.7 Å². The zero-order valence-electron chi connectivity index (χ0n) is 10.4. The third-order valence-electron chi connectivity index (χ3n) is 3.07. The van der Waals surface area contributed by atoms with Crippen molar-refractivity contribution in [3.8, 4) is 5.75 Å². The van der Waals surface area contributed by atoms with Crippen LogP contribution in [0.2, 0.25) is 0 Å². The summed E-state index contributed by atoms with van der Waals surface area (Å²) < 4.78 is 10.5. The van der Waals surface area contributed by atoms with Crippen molar-refractivity contribution in [3.05, 3.63) is 46.8 Å². The van der Waals surface area contributed by atoms with E-state index in [9.17, 15) is 0 Å². The molecular formula is C14H16N2O2. The molecule has 0 radical (unpaired) electrons. The van der Waals surface area contributed by atoms with Gasteiger partial charge in [-0.1, -0.05) is 17.3 Å². The van der Waals surface area contributed by atoms with Crippen LogP contribution in [-0.4, -0.2) is 11.8 Å². The molecule has 1 aromatic heterocycles. The van der Waals surface area contributed by atoms with Crippen molar-refractivity contribution in [1.29, 1.82) is 0 Å². The fraction of sp³-hybridized carbons (Fsp3) is 0.357. The molecule has 0 saturated heterocycles. The molecule has 0 spiro atoms. The van der Waals surface area contributed by atoms with Gasteiger partial charge in [0.2, 0.25) is 0 Å². The van der Waals surface area contributed by atoms with Crippen molar-refractivity contribution in [2.75, 3.05) is 6.61 Å². The van der Waals surface area contributed by atoms with Gasteiger partial charge in [0.05, 0.1) is 12.3 Å². The second-order valence-electron chi connectivity index (χ2n) is 4.57. The number of aryl methyl sites for hydroxylation is 1. The van der Waals surface area contributed by atoms with Gasteiger partial charge in [-0.15, -0.1) is 0 Å². The van der Waals surface area contributed by atoms with Crippen LogP contribution >= 0.6 is 0 Å². The summed E-state index contributed by atoms with van der Waals surface area (Å²) >= 11 is 0. The first-order valence-electron chi connectivity index (χ1n) is 6.19. The molecule has 0 aliphatic carbocycles. The third kappa shape index (κ3) is 2.38. The summed E-state index contributed by atoms with van der Waals surface area (Å²) in [7, 11) is 0. The first-order valence-corrected chi connectivity index (χ1v) is 6.19. The van der Waals surface area contributed by atoms with Gasteiger partial charge in [-0.25, -0.2) is 0 Å². The Hall–Kier alpha value is -1.81. The SMILES string of the molecule is Cc1cc(CNCc2ccc3c(c2)CCO3)no1. The van der Waals surface area contributed by atoms with Gasteiger partial charge in [-0.2, -0.15) is 0 Å². The van der Waals surface area contributed by atoms with Crippen molar-refractivity contribution in [3.63, 3.8) is 0 Å². The molecule has 94 valence electrons. The number of fused-ring (bicyclic) bond motifs is 1. The maximum Gasteiger partial charge on any atom is 0.133 e. The summed E-state index contributed by atoms with van der Waals surface area (Å²) in [6.45, 7) is 4.27. The van der Waals surface area contributed by atoms with Gasteiger partial charge >= 0.3 is 0 Å². The molecule has 1 aromatic carbocycles. The minimum absolute atomic E-state index is 0.727. The first kappa shape index (κ1) is 11.3. The number of ether oxygens (including phenoxy) is 1. The van der Waals surface area contributed by atoms with Crippen molar-refractivity contribution in [1.82, 2.24) is 10.5 Å². The topological polar surface area (TPSA) is 47.3 Å². The van der Waals surface area contributed by atoms with Crippen LogP contribution in [0.25, 0.3) is 0 Å². The first-order chi connectivity index (χ1) is 8.81. The molecule has 2 heterocycles. The van der Waals surface area contributed by atoms with Crippen LogP contribution in [0, 0.1) is 6.92 Å². The highest BCUT2D eigenvalue weighted by molar-refractivity contribution is 5.39. The van der Waals surface area contributed by atoms with E-state index in [0.29, 0.717) is 0 Å². The van der Waals surface area contributed by atoms with Crippen molar-refractivity contribution >= 4 is 0 Å². The number of nitrogens with one attached hydrogen (secondary N) is 1. The van der Waals surface area contributed by atoms with Crippen molar-refractivity contribution in [2.45, 2.75) is 26.4 Å². The van der Waals surface area contributed by atoms with Crippen molar-refractivity contribution in [2.24, 2.45) is 0 Å². The summed E-state index contributed by atoms with van der Waals surface area (Å²) in [5.74, 6) is 1.88. The molecule has 3 rings (SSSR count). The van der Waals surface area contributed by atoms with E-state index in [1.54, 1.807) is 0 Å². The number of hydrogen-bond donors (Lipinski definition) is 1. The zero-order valence-corrected chi connectivity index (χ0v) is 10.4. The van der Waals surface area contributed by atoms with E-state index in [-0.39, 0.29) is 0 Å². The average molecular weight is 244 g/mol. The lowest BCUT2D eigenvalue weighted by atomic mass is 10.1. The number of rotatable bonds is 4. The lowest BCUT2D eigenvalue weighted by molar-refractivity contribution is 0.357. The quantitative estimate of drug-likeness (QED) is 0.895. The fourth-order valence-electron chi connectivity index (χ4n) is 2.19. The Labute approximate surface area is 106 Å². The van der Waals surface area contributed by atoms with E-state index in [4.69, 9.17) is 9.26 Å². The largest absolute Gasteiger partial charge is 0.493 e. The molecule has 0 atom stereocenters. The molecule has 1 aliphatic heterocycles. The van der Waals surface area contributed by atoms with Gasteiger partial charge in [0.15, 0.2) is 0 Å².